The van der Waals surface area contributed by atoms with E-state index >= 15 is 0 Å². The highest BCUT2D eigenvalue weighted by Gasteiger charge is 2.26. The standard InChI is InChI=1S/C22H26N4O3/c1-28-19-10-4-5-11-20(19)29-14-12-23-22(27)26-13-6-7-16(15-26)21-24-17-8-2-3-9-18(17)25-21/h2-5,8-11,16H,6-7,12-15H2,1H3,(H,23,27)(H,24,25). The van der Waals surface area contributed by atoms with Crippen molar-refractivity contribution in [2.24, 2.45) is 0 Å². The fourth-order valence-electron chi connectivity index (χ4n) is 3.72. The Bertz CT molecular complexity index is 938. The first-order valence-corrected chi connectivity index (χ1v) is 9.98. The average Bonchev–Trinajstić information content (AvgIpc) is 3.21. The lowest BCUT2D eigenvalue weighted by atomic mass is 9.98. The Morgan fingerprint density at radius 3 is 2.83 bits per heavy atom. The molecule has 3 aromatic rings. The predicted octanol–water partition coefficient (Wildman–Crippen LogP) is 3.54. The largest absolute Gasteiger partial charge is 0.493 e. The number of carbonyl (C=O) groups excluding carboxylic acids is 1. The number of fused-ring (bicyclic) bond motifs is 1. The number of methoxy groups -OCH3 is 1. The Hall–Kier alpha value is -3.22. The monoisotopic (exact) mass is 394 g/mol. The number of aromatic nitrogens is 2. The number of hydrogen-bond donors (Lipinski definition) is 2. The fourth-order valence-corrected chi connectivity index (χ4v) is 3.72. The number of benzene rings is 2. The van der Waals surface area contributed by atoms with Crippen molar-refractivity contribution < 1.29 is 14.3 Å². The van der Waals surface area contributed by atoms with Crippen LogP contribution in [-0.4, -0.2) is 54.2 Å². The van der Waals surface area contributed by atoms with Gasteiger partial charge in [-0.1, -0.05) is 24.3 Å². The first kappa shape index (κ1) is 19.1. The van der Waals surface area contributed by atoms with Crippen molar-refractivity contribution in [2.45, 2.75) is 18.8 Å². The summed E-state index contributed by atoms with van der Waals surface area (Å²) in [4.78, 5) is 22.6. The minimum absolute atomic E-state index is 0.0607. The molecule has 0 spiro atoms. The number of H-pyrrole nitrogens is 1. The van der Waals surface area contributed by atoms with Crippen molar-refractivity contribution in [3.8, 4) is 11.5 Å². The number of ether oxygens (including phenoxy) is 2. The third-order valence-electron chi connectivity index (χ3n) is 5.21. The summed E-state index contributed by atoms with van der Waals surface area (Å²) in [5.74, 6) is 2.55. The molecular formula is C22H26N4O3. The number of piperidine rings is 1. The molecule has 7 heteroatoms. The number of urea groups is 1. The number of aromatic amines is 1. The van der Waals surface area contributed by atoms with Gasteiger partial charge < -0.3 is 24.7 Å². The van der Waals surface area contributed by atoms with Crippen LogP contribution in [0.5, 0.6) is 11.5 Å². The normalized spacial score (nSPS) is 16.6. The van der Waals surface area contributed by atoms with Crippen molar-refractivity contribution in [1.29, 1.82) is 0 Å². The van der Waals surface area contributed by atoms with Crippen LogP contribution in [0.2, 0.25) is 0 Å². The molecule has 2 heterocycles. The highest BCUT2D eigenvalue weighted by molar-refractivity contribution is 5.75. The molecule has 0 saturated carbocycles. The van der Waals surface area contributed by atoms with E-state index in [0.717, 1.165) is 36.2 Å². The lowest BCUT2D eigenvalue weighted by molar-refractivity contribution is 0.176. The second-order valence-corrected chi connectivity index (χ2v) is 7.16. The Kier molecular flexibility index (Phi) is 5.84. The third-order valence-corrected chi connectivity index (χ3v) is 5.21. The van der Waals surface area contributed by atoms with Gasteiger partial charge in [0.2, 0.25) is 0 Å². The van der Waals surface area contributed by atoms with Crippen LogP contribution in [0.25, 0.3) is 11.0 Å². The number of nitrogens with one attached hydrogen (secondary N) is 2. The minimum atomic E-state index is -0.0607. The Labute approximate surface area is 170 Å². The van der Waals surface area contributed by atoms with E-state index in [2.05, 4.69) is 10.3 Å². The van der Waals surface area contributed by atoms with E-state index in [9.17, 15) is 4.79 Å². The van der Waals surface area contributed by atoms with E-state index < -0.39 is 0 Å². The van der Waals surface area contributed by atoms with Crippen molar-refractivity contribution in [1.82, 2.24) is 20.2 Å². The van der Waals surface area contributed by atoms with Crippen LogP contribution in [-0.2, 0) is 0 Å². The smallest absolute Gasteiger partial charge is 0.317 e. The zero-order valence-electron chi connectivity index (χ0n) is 16.6. The summed E-state index contributed by atoms with van der Waals surface area (Å²) in [5, 5.41) is 2.95. The minimum Gasteiger partial charge on any atom is -0.493 e. The zero-order chi connectivity index (χ0) is 20.1. The van der Waals surface area contributed by atoms with Crippen molar-refractivity contribution >= 4 is 17.1 Å². The number of nitrogens with zero attached hydrogens (tertiary/aromatic N) is 2. The summed E-state index contributed by atoms with van der Waals surface area (Å²) < 4.78 is 11.0. The molecule has 1 fully saturated rings. The molecular weight excluding hydrogens is 368 g/mol. The summed E-state index contributed by atoms with van der Waals surface area (Å²) in [6.45, 7) is 2.24. The first-order chi connectivity index (χ1) is 14.2. The van der Waals surface area contributed by atoms with Crippen molar-refractivity contribution in [2.75, 3.05) is 33.4 Å². The molecule has 7 nitrogen and oxygen atoms in total. The Morgan fingerprint density at radius 2 is 2.00 bits per heavy atom. The third kappa shape index (κ3) is 4.45. The van der Waals surface area contributed by atoms with E-state index in [1.807, 2.05) is 53.4 Å². The van der Waals surface area contributed by atoms with Crippen LogP contribution in [0.3, 0.4) is 0 Å². The lowest BCUT2D eigenvalue weighted by Crippen LogP contribution is -2.46. The van der Waals surface area contributed by atoms with Gasteiger partial charge in [0.15, 0.2) is 11.5 Å². The summed E-state index contributed by atoms with van der Waals surface area (Å²) in [7, 11) is 1.61. The molecule has 1 aromatic heterocycles. The molecule has 1 aliphatic heterocycles. The molecule has 1 saturated heterocycles. The van der Waals surface area contributed by atoms with Crippen LogP contribution in [0, 0.1) is 0 Å². The van der Waals surface area contributed by atoms with Crippen molar-refractivity contribution in [3.63, 3.8) is 0 Å². The van der Waals surface area contributed by atoms with E-state index in [-0.39, 0.29) is 11.9 Å². The molecule has 1 aliphatic rings. The maximum absolute atomic E-state index is 12.6. The van der Waals surface area contributed by atoms with Gasteiger partial charge in [-0.05, 0) is 37.1 Å². The molecule has 0 aliphatic carbocycles. The molecule has 29 heavy (non-hydrogen) atoms. The molecule has 2 amide bonds. The molecule has 2 N–H and O–H groups in total. The van der Waals surface area contributed by atoms with Crippen molar-refractivity contribution in [3.05, 3.63) is 54.4 Å². The number of likely N-dealkylation sites (tertiary alicyclic amines) is 1. The molecule has 4 rings (SSSR count). The van der Waals surface area contributed by atoms with Gasteiger partial charge in [-0.15, -0.1) is 0 Å². The summed E-state index contributed by atoms with van der Waals surface area (Å²) in [6, 6.07) is 15.4. The van der Waals surface area contributed by atoms with Gasteiger partial charge in [0.1, 0.15) is 12.4 Å². The number of para-hydroxylation sites is 4. The number of amides is 2. The Balaban J connectivity index is 1.28. The number of rotatable bonds is 6. The number of carbonyl (C=O) groups is 1. The highest BCUT2D eigenvalue weighted by Crippen LogP contribution is 2.27. The average molecular weight is 394 g/mol. The number of hydrogen-bond acceptors (Lipinski definition) is 4. The topological polar surface area (TPSA) is 79.5 Å². The second kappa shape index (κ2) is 8.86. The van der Waals surface area contributed by atoms with Gasteiger partial charge in [0.25, 0.3) is 0 Å². The van der Waals surface area contributed by atoms with Crippen LogP contribution in [0.15, 0.2) is 48.5 Å². The second-order valence-electron chi connectivity index (χ2n) is 7.16. The molecule has 1 atom stereocenters. The molecule has 152 valence electrons. The maximum Gasteiger partial charge on any atom is 0.317 e. The highest BCUT2D eigenvalue weighted by atomic mass is 16.5. The number of imidazole rings is 1. The van der Waals surface area contributed by atoms with Gasteiger partial charge in [0.05, 0.1) is 24.7 Å². The van der Waals surface area contributed by atoms with Crippen LogP contribution < -0.4 is 14.8 Å². The summed E-state index contributed by atoms with van der Waals surface area (Å²) in [5.41, 5.74) is 2.01. The Morgan fingerprint density at radius 1 is 1.21 bits per heavy atom. The molecule has 2 aromatic carbocycles. The fraction of sp³-hybridized carbons (Fsp3) is 0.364. The van der Waals surface area contributed by atoms with E-state index in [1.165, 1.54) is 0 Å². The van der Waals surface area contributed by atoms with E-state index in [1.54, 1.807) is 7.11 Å². The summed E-state index contributed by atoms with van der Waals surface area (Å²) in [6.07, 6.45) is 1.99. The SMILES string of the molecule is COc1ccccc1OCCNC(=O)N1CCCC(c2nc3ccccc3[nH]2)C1. The first-order valence-electron chi connectivity index (χ1n) is 9.98. The van der Waals surface area contributed by atoms with Crippen LogP contribution >= 0.6 is 0 Å². The summed E-state index contributed by atoms with van der Waals surface area (Å²) >= 11 is 0. The van der Waals surface area contributed by atoms with Gasteiger partial charge in [0, 0.05) is 19.0 Å². The lowest BCUT2D eigenvalue weighted by Gasteiger charge is -2.31. The van der Waals surface area contributed by atoms with Crippen LogP contribution in [0.4, 0.5) is 4.79 Å². The molecule has 0 radical (unpaired) electrons. The molecule has 1 unspecified atom stereocenters. The van der Waals surface area contributed by atoms with Gasteiger partial charge in [-0.2, -0.15) is 0 Å². The predicted molar refractivity (Wildman–Crippen MR) is 112 cm³/mol. The van der Waals surface area contributed by atoms with E-state index in [0.29, 0.717) is 31.2 Å². The maximum atomic E-state index is 12.6. The molecule has 0 bridgehead atoms. The van der Waals surface area contributed by atoms with Gasteiger partial charge in [-0.25, -0.2) is 9.78 Å². The van der Waals surface area contributed by atoms with Gasteiger partial charge >= 0.3 is 6.03 Å². The quantitative estimate of drug-likeness (QED) is 0.627. The van der Waals surface area contributed by atoms with Gasteiger partial charge in [-0.3, -0.25) is 0 Å². The van der Waals surface area contributed by atoms with E-state index in [4.69, 9.17) is 14.5 Å². The zero-order valence-corrected chi connectivity index (χ0v) is 16.6. The van der Waals surface area contributed by atoms with Crippen LogP contribution in [0.1, 0.15) is 24.6 Å².